The fraction of sp³-hybridized carbons (Fsp3) is 0.500. The van der Waals surface area contributed by atoms with Gasteiger partial charge in [0.2, 0.25) is 5.13 Å². The molecule has 1 N–H and O–H groups in total. The van der Waals surface area contributed by atoms with Gasteiger partial charge in [-0.05, 0) is 6.42 Å². The molecule has 0 aromatic carbocycles. The molecule has 0 atom stereocenters. The lowest BCUT2D eigenvalue weighted by molar-refractivity contribution is 0.103. The van der Waals surface area contributed by atoms with Crippen molar-refractivity contribution in [2.24, 2.45) is 0 Å². The highest BCUT2D eigenvalue weighted by Crippen LogP contribution is 2.28. The van der Waals surface area contributed by atoms with Crippen LogP contribution in [0.4, 0.5) is 5.13 Å². The Balaban J connectivity index is 2.09. The number of nitrogens with zero attached hydrogens (tertiary/aromatic N) is 3. The van der Waals surface area contributed by atoms with Crippen LogP contribution in [0, 0.1) is 0 Å². The number of anilines is 1. The quantitative estimate of drug-likeness (QED) is 0.945. The molecule has 0 aliphatic heterocycles. The number of rotatable bonds is 3. The van der Waals surface area contributed by atoms with Crippen molar-refractivity contribution in [2.75, 3.05) is 5.32 Å². The van der Waals surface area contributed by atoms with Crippen molar-refractivity contribution in [3.8, 4) is 0 Å². The normalized spacial score (nSPS) is 11.6. The van der Waals surface area contributed by atoms with Gasteiger partial charge < -0.3 is 0 Å². The highest BCUT2D eigenvalue weighted by Gasteiger charge is 2.20. The van der Waals surface area contributed by atoms with Crippen molar-refractivity contribution in [3.05, 3.63) is 21.1 Å². The van der Waals surface area contributed by atoms with E-state index >= 15 is 0 Å². The molecule has 5 nitrogen and oxygen atoms in total. The van der Waals surface area contributed by atoms with Gasteiger partial charge in [-0.1, -0.05) is 39.0 Å². The van der Waals surface area contributed by atoms with Crippen LogP contribution in [-0.4, -0.2) is 21.1 Å². The average Bonchev–Trinajstić information content (AvgIpc) is 2.95. The van der Waals surface area contributed by atoms with Crippen molar-refractivity contribution in [2.45, 2.75) is 39.5 Å². The largest absolute Gasteiger partial charge is 0.296 e. The van der Waals surface area contributed by atoms with E-state index in [0.29, 0.717) is 10.0 Å². The fourth-order valence-corrected chi connectivity index (χ4v) is 2.86. The summed E-state index contributed by atoms with van der Waals surface area (Å²) in [5.74, 6) is -0.172. The van der Waals surface area contributed by atoms with E-state index in [1.165, 1.54) is 22.7 Å². The summed E-state index contributed by atoms with van der Waals surface area (Å²) in [6.07, 6.45) is 2.44. The second-order valence-electron chi connectivity index (χ2n) is 5.09. The molecule has 0 bridgehead atoms. The third-order valence-electron chi connectivity index (χ3n) is 2.37. The maximum atomic E-state index is 12.0. The van der Waals surface area contributed by atoms with Crippen LogP contribution in [0.1, 0.15) is 47.4 Å². The predicted octanol–water partition coefficient (Wildman–Crippen LogP) is 3.11. The molecule has 0 saturated heterocycles. The van der Waals surface area contributed by atoms with Crippen LogP contribution in [-0.2, 0) is 11.8 Å². The second kappa shape index (κ2) is 5.34. The van der Waals surface area contributed by atoms with Crippen LogP contribution in [0.3, 0.4) is 0 Å². The fourth-order valence-electron chi connectivity index (χ4n) is 1.31. The number of hydrogen-bond acceptors (Lipinski definition) is 6. The van der Waals surface area contributed by atoms with Gasteiger partial charge in [-0.25, -0.2) is 4.98 Å². The molecule has 2 aromatic heterocycles. The Bertz CT molecular complexity index is 583. The summed E-state index contributed by atoms with van der Waals surface area (Å²) in [4.78, 5) is 16.8. The maximum absolute atomic E-state index is 12.0. The van der Waals surface area contributed by atoms with E-state index in [9.17, 15) is 4.79 Å². The Hall–Kier alpha value is -1.34. The van der Waals surface area contributed by atoms with E-state index in [0.717, 1.165) is 16.4 Å². The molecule has 19 heavy (non-hydrogen) atoms. The number of aryl methyl sites for hydroxylation is 1. The molecule has 1 amide bonds. The summed E-state index contributed by atoms with van der Waals surface area (Å²) in [7, 11) is 0. The predicted molar refractivity (Wildman–Crippen MR) is 78.1 cm³/mol. The van der Waals surface area contributed by atoms with E-state index in [4.69, 9.17) is 0 Å². The molecule has 2 rings (SSSR count). The van der Waals surface area contributed by atoms with Crippen molar-refractivity contribution in [1.82, 2.24) is 15.2 Å². The maximum Gasteiger partial charge on any atom is 0.269 e. The topological polar surface area (TPSA) is 67.8 Å². The van der Waals surface area contributed by atoms with E-state index < -0.39 is 0 Å². The van der Waals surface area contributed by atoms with Crippen molar-refractivity contribution < 1.29 is 4.79 Å². The third kappa shape index (κ3) is 3.36. The first kappa shape index (κ1) is 14.1. The molecule has 0 radical (unpaired) electrons. The van der Waals surface area contributed by atoms with E-state index in [1.54, 1.807) is 6.20 Å². The Kier molecular flexibility index (Phi) is 3.96. The molecule has 7 heteroatoms. The van der Waals surface area contributed by atoms with Crippen LogP contribution in [0.2, 0.25) is 0 Å². The van der Waals surface area contributed by atoms with E-state index in [1.807, 2.05) is 6.92 Å². The zero-order chi connectivity index (χ0) is 14.0. The molecule has 2 aromatic rings. The number of nitrogens with one attached hydrogen (secondary N) is 1. The SMILES string of the molecule is CCc1ncc(C(=O)Nc2nnc(C(C)(C)C)s2)s1. The summed E-state index contributed by atoms with van der Waals surface area (Å²) in [5.41, 5.74) is -0.0550. The lowest BCUT2D eigenvalue weighted by atomic mass is 9.98. The molecule has 0 saturated carbocycles. The molecule has 0 aliphatic rings. The Morgan fingerprint density at radius 2 is 2.05 bits per heavy atom. The smallest absolute Gasteiger partial charge is 0.269 e. The Morgan fingerprint density at radius 3 is 2.58 bits per heavy atom. The van der Waals surface area contributed by atoms with Crippen LogP contribution in [0.25, 0.3) is 0 Å². The summed E-state index contributed by atoms with van der Waals surface area (Å²) < 4.78 is 0. The standard InChI is InChI=1S/C12H16N4OS2/c1-5-8-13-6-7(18-8)9(17)14-11-16-15-10(19-11)12(2,3)4/h6H,5H2,1-4H3,(H,14,16,17). The lowest BCUT2D eigenvalue weighted by Gasteiger charge is -2.12. The third-order valence-corrected chi connectivity index (χ3v) is 4.77. The van der Waals surface area contributed by atoms with Crippen molar-refractivity contribution in [1.29, 1.82) is 0 Å². The van der Waals surface area contributed by atoms with Gasteiger partial charge in [0.25, 0.3) is 5.91 Å². The number of carbonyl (C=O) groups is 1. The van der Waals surface area contributed by atoms with Gasteiger partial charge in [0.05, 0.1) is 11.2 Å². The molecular formula is C12H16N4OS2. The van der Waals surface area contributed by atoms with E-state index in [-0.39, 0.29) is 11.3 Å². The number of amides is 1. The number of carbonyl (C=O) groups excluding carboxylic acids is 1. The first-order valence-electron chi connectivity index (χ1n) is 6.00. The number of aromatic nitrogens is 3. The highest BCUT2D eigenvalue weighted by molar-refractivity contribution is 7.16. The van der Waals surface area contributed by atoms with Gasteiger partial charge in [-0.2, -0.15) is 0 Å². The molecule has 2 heterocycles. The Labute approximate surface area is 120 Å². The number of thiazole rings is 1. The summed E-state index contributed by atoms with van der Waals surface area (Å²) in [6, 6.07) is 0. The molecule has 0 aliphatic carbocycles. The highest BCUT2D eigenvalue weighted by atomic mass is 32.1. The van der Waals surface area contributed by atoms with Gasteiger partial charge in [-0.15, -0.1) is 21.5 Å². The van der Waals surface area contributed by atoms with Crippen molar-refractivity contribution in [3.63, 3.8) is 0 Å². The minimum atomic E-state index is -0.172. The first-order chi connectivity index (χ1) is 8.90. The molecule has 0 spiro atoms. The van der Waals surface area contributed by atoms with Gasteiger partial charge in [0.15, 0.2) is 0 Å². The first-order valence-corrected chi connectivity index (χ1v) is 7.63. The zero-order valence-corrected chi connectivity index (χ0v) is 13.0. The van der Waals surface area contributed by atoms with Crippen LogP contribution >= 0.6 is 22.7 Å². The van der Waals surface area contributed by atoms with Gasteiger partial charge >= 0.3 is 0 Å². The second-order valence-corrected chi connectivity index (χ2v) is 7.18. The van der Waals surface area contributed by atoms with Crippen LogP contribution in [0.15, 0.2) is 6.20 Å². The minimum absolute atomic E-state index is 0.0550. The van der Waals surface area contributed by atoms with Crippen molar-refractivity contribution >= 4 is 33.7 Å². The monoisotopic (exact) mass is 296 g/mol. The zero-order valence-electron chi connectivity index (χ0n) is 11.4. The average molecular weight is 296 g/mol. The Morgan fingerprint density at radius 1 is 1.32 bits per heavy atom. The molecule has 0 fully saturated rings. The summed E-state index contributed by atoms with van der Waals surface area (Å²) in [6.45, 7) is 8.21. The van der Waals surface area contributed by atoms with Crippen LogP contribution < -0.4 is 5.32 Å². The minimum Gasteiger partial charge on any atom is -0.296 e. The lowest BCUT2D eigenvalue weighted by Crippen LogP contribution is -2.10. The molecule has 102 valence electrons. The number of hydrogen-bond donors (Lipinski definition) is 1. The summed E-state index contributed by atoms with van der Waals surface area (Å²) in [5, 5.41) is 13.2. The van der Waals surface area contributed by atoms with Gasteiger partial charge in [-0.3, -0.25) is 10.1 Å². The van der Waals surface area contributed by atoms with Gasteiger partial charge in [0.1, 0.15) is 9.88 Å². The summed E-state index contributed by atoms with van der Waals surface area (Å²) >= 11 is 2.81. The van der Waals surface area contributed by atoms with E-state index in [2.05, 4.69) is 41.3 Å². The molecular weight excluding hydrogens is 280 g/mol. The molecule has 0 unspecified atom stereocenters. The van der Waals surface area contributed by atoms with Crippen LogP contribution in [0.5, 0.6) is 0 Å². The van der Waals surface area contributed by atoms with Gasteiger partial charge in [0, 0.05) is 5.41 Å².